The van der Waals surface area contributed by atoms with Crippen molar-refractivity contribution in [3.05, 3.63) is 53.6 Å². The van der Waals surface area contributed by atoms with Crippen molar-refractivity contribution in [1.29, 1.82) is 0 Å². The number of nitrogen functional groups attached to an aromatic ring is 1. The van der Waals surface area contributed by atoms with E-state index in [1.54, 1.807) is 18.2 Å². The van der Waals surface area contributed by atoms with E-state index < -0.39 is 5.97 Å². The van der Waals surface area contributed by atoms with E-state index >= 15 is 0 Å². The van der Waals surface area contributed by atoms with Crippen molar-refractivity contribution in [3.8, 4) is 0 Å². The Morgan fingerprint density at radius 3 is 2.35 bits per heavy atom. The van der Waals surface area contributed by atoms with Gasteiger partial charge in [0.25, 0.3) is 0 Å². The molecule has 4 heteroatoms. The van der Waals surface area contributed by atoms with Crippen LogP contribution in [0.25, 0.3) is 0 Å². The van der Waals surface area contributed by atoms with Gasteiger partial charge in [0.05, 0.1) is 5.56 Å². The molecule has 0 spiro atoms. The molecule has 0 bridgehead atoms. The second kappa shape index (κ2) is 6.01. The molecule has 2 aromatic carbocycles. The summed E-state index contributed by atoms with van der Waals surface area (Å²) in [6.07, 6.45) is 0. The number of hydrogen-bond donors (Lipinski definition) is 2. The zero-order valence-electron chi connectivity index (χ0n) is 11.5. The fourth-order valence-corrected chi connectivity index (χ4v) is 2.83. The molecule has 0 aliphatic heterocycles. The number of carbonyl (C=O) groups is 1. The van der Waals surface area contributed by atoms with Crippen LogP contribution in [0.5, 0.6) is 0 Å². The lowest BCUT2D eigenvalue weighted by Gasteiger charge is -2.09. The largest absolute Gasteiger partial charge is 0.478 e. The van der Waals surface area contributed by atoms with Gasteiger partial charge in [-0.2, -0.15) is 0 Å². The van der Waals surface area contributed by atoms with Crippen LogP contribution in [0.2, 0.25) is 0 Å². The molecule has 0 saturated heterocycles. The Bertz CT molecular complexity index is 621. The molecule has 0 aromatic heterocycles. The first-order valence-corrected chi connectivity index (χ1v) is 7.19. The van der Waals surface area contributed by atoms with Crippen molar-refractivity contribution in [3.63, 3.8) is 0 Å². The number of benzene rings is 2. The van der Waals surface area contributed by atoms with Gasteiger partial charge < -0.3 is 10.8 Å². The van der Waals surface area contributed by atoms with Gasteiger partial charge in [0.15, 0.2) is 0 Å². The molecule has 3 N–H and O–H groups in total. The van der Waals surface area contributed by atoms with Crippen LogP contribution in [-0.4, -0.2) is 11.1 Å². The lowest BCUT2D eigenvalue weighted by molar-refractivity contribution is 0.0693. The van der Waals surface area contributed by atoms with Gasteiger partial charge in [-0.15, -0.1) is 0 Å². The highest BCUT2D eigenvalue weighted by Gasteiger charge is 2.11. The van der Waals surface area contributed by atoms with Crippen molar-refractivity contribution >= 4 is 23.4 Å². The third-order valence-corrected chi connectivity index (χ3v) is 4.08. The Kier molecular flexibility index (Phi) is 4.35. The van der Waals surface area contributed by atoms with E-state index in [1.807, 2.05) is 12.1 Å². The molecular weight excluding hydrogens is 270 g/mol. The van der Waals surface area contributed by atoms with Crippen LogP contribution in [0.15, 0.2) is 52.3 Å². The molecule has 0 radical (unpaired) electrons. The summed E-state index contributed by atoms with van der Waals surface area (Å²) in [4.78, 5) is 12.9. The van der Waals surface area contributed by atoms with E-state index in [1.165, 1.54) is 17.3 Å². The van der Waals surface area contributed by atoms with E-state index in [0.717, 1.165) is 4.90 Å². The quantitative estimate of drug-likeness (QED) is 0.825. The summed E-state index contributed by atoms with van der Waals surface area (Å²) in [5.74, 6) is -0.456. The van der Waals surface area contributed by atoms with Gasteiger partial charge in [-0.3, -0.25) is 0 Å². The maximum Gasteiger partial charge on any atom is 0.336 e. The number of rotatable bonds is 4. The lowest BCUT2D eigenvalue weighted by Crippen LogP contribution is -1.99. The second-order valence-corrected chi connectivity index (χ2v) is 6.00. The first-order valence-electron chi connectivity index (χ1n) is 6.38. The van der Waals surface area contributed by atoms with Crippen molar-refractivity contribution in [2.75, 3.05) is 5.73 Å². The molecule has 0 heterocycles. The fraction of sp³-hybridized carbons (Fsp3) is 0.188. The maximum absolute atomic E-state index is 11.2. The topological polar surface area (TPSA) is 63.3 Å². The molecule has 0 amide bonds. The monoisotopic (exact) mass is 287 g/mol. The van der Waals surface area contributed by atoms with Gasteiger partial charge in [-0.1, -0.05) is 37.7 Å². The zero-order valence-corrected chi connectivity index (χ0v) is 12.3. The zero-order chi connectivity index (χ0) is 14.7. The summed E-state index contributed by atoms with van der Waals surface area (Å²) in [5.41, 5.74) is 7.84. The molecule has 0 aliphatic carbocycles. The van der Waals surface area contributed by atoms with Crippen LogP contribution in [0.1, 0.15) is 35.7 Å². The predicted molar refractivity (Wildman–Crippen MR) is 82.5 cm³/mol. The number of anilines is 1. The summed E-state index contributed by atoms with van der Waals surface area (Å²) in [6, 6.07) is 13.0. The summed E-state index contributed by atoms with van der Waals surface area (Å²) in [7, 11) is 0. The molecule has 0 aliphatic rings. The highest BCUT2D eigenvalue weighted by Crippen LogP contribution is 2.32. The second-order valence-electron chi connectivity index (χ2n) is 4.89. The Morgan fingerprint density at radius 1 is 1.15 bits per heavy atom. The summed E-state index contributed by atoms with van der Waals surface area (Å²) in [5, 5.41) is 9.20. The van der Waals surface area contributed by atoms with Crippen LogP contribution in [-0.2, 0) is 0 Å². The molecular formula is C16H17NO2S. The van der Waals surface area contributed by atoms with Crippen molar-refractivity contribution < 1.29 is 9.90 Å². The highest BCUT2D eigenvalue weighted by molar-refractivity contribution is 7.99. The van der Waals surface area contributed by atoms with Crippen LogP contribution >= 0.6 is 11.8 Å². The van der Waals surface area contributed by atoms with Crippen molar-refractivity contribution in [1.82, 2.24) is 0 Å². The molecule has 0 saturated carbocycles. The first-order chi connectivity index (χ1) is 9.47. The molecule has 0 atom stereocenters. The van der Waals surface area contributed by atoms with Crippen LogP contribution < -0.4 is 5.73 Å². The summed E-state index contributed by atoms with van der Waals surface area (Å²) < 4.78 is 0. The van der Waals surface area contributed by atoms with Crippen molar-refractivity contribution in [2.24, 2.45) is 0 Å². The number of carboxylic acids is 1. The molecule has 20 heavy (non-hydrogen) atoms. The number of carboxylic acid groups (broad SMARTS) is 1. The fourth-order valence-electron chi connectivity index (χ4n) is 1.85. The standard InChI is InChI=1S/C16H17NO2S/c1-10(2)11-3-6-13(7-4-11)20-15-9-12(17)5-8-14(15)16(18)19/h3-10H,17H2,1-2H3,(H,18,19). The number of aromatic carboxylic acids is 1. The first kappa shape index (κ1) is 14.5. The normalized spacial score (nSPS) is 10.8. The molecule has 104 valence electrons. The third kappa shape index (κ3) is 3.33. The van der Waals surface area contributed by atoms with Crippen LogP contribution in [0.3, 0.4) is 0 Å². The van der Waals surface area contributed by atoms with Gasteiger partial charge in [-0.05, 0) is 41.8 Å². The van der Waals surface area contributed by atoms with E-state index in [0.29, 0.717) is 16.5 Å². The number of hydrogen-bond acceptors (Lipinski definition) is 3. The minimum Gasteiger partial charge on any atom is -0.478 e. The average molecular weight is 287 g/mol. The van der Waals surface area contributed by atoms with Crippen LogP contribution in [0.4, 0.5) is 5.69 Å². The number of nitrogens with two attached hydrogens (primary N) is 1. The van der Waals surface area contributed by atoms with Gasteiger partial charge in [0, 0.05) is 15.5 Å². The predicted octanol–water partition coefficient (Wildman–Crippen LogP) is 4.24. The van der Waals surface area contributed by atoms with Gasteiger partial charge in [-0.25, -0.2) is 4.79 Å². The molecule has 0 unspecified atom stereocenters. The SMILES string of the molecule is CC(C)c1ccc(Sc2cc(N)ccc2C(=O)O)cc1. The molecule has 2 aromatic rings. The minimum atomic E-state index is -0.939. The Balaban J connectivity index is 2.29. The van der Waals surface area contributed by atoms with Gasteiger partial charge in [0.2, 0.25) is 0 Å². The minimum absolute atomic E-state index is 0.275. The Hall–Kier alpha value is -1.94. The van der Waals surface area contributed by atoms with Gasteiger partial charge in [0.1, 0.15) is 0 Å². The smallest absolute Gasteiger partial charge is 0.336 e. The van der Waals surface area contributed by atoms with Gasteiger partial charge >= 0.3 is 5.97 Å². The Labute approximate surface area is 122 Å². The molecule has 2 rings (SSSR count). The van der Waals surface area contributed by atoms with Crippen LogP contribution in [0, 0.1) is 0 Å². The average Bonchev–Trinajstić information content (AvgIpc) is 2.39. The van der Waals surface area contributed by atoms with E-state index in [2.05, 4.69) is 26.0 Å². The Morgan fingerprint density at radius 2 is 1.80 bits per heavy atom. The summed E-state index contributed by atoms with van der Waals surface area (Å²) >= 11 is 1.42. The highest BCUT2D eigenvalue weighted by atomic mass is 32.2. The molecule has 3 nitrogen and oxygen atoms in total. The maximum atomic E-state index is 11.2. The third-order valence-electron chi connectivity index (χ3n) is 3.01. The molecule has 0 fully saturated rings. The van der Waals surface area contributed by atoms with E-state index in [9.17, 15) is 9.90 Å². The summed E-state index contributed by atoms with van der Waals surface area (Å²) in [6.45, 7) is 4.28. The van der Waals surface area contributed by atoms with E-state index in [-0.39, 0.29) is 5.56 Å². The van der Waals surface area contributed by atoms with Crippen molar-refractivity contribution in [2.45, 2.75) is 29.6 Å². The van der Waals surface area contributed by atoms with E-state index in [4.69, 9.17) is 5.73 Å². The lowest BCUT2D eigenvalue weighted by atomic mass is 10.0.